The van der Waals surface area contributed by atoms with Crippen molar-refractivity contribution in [3.8, 4) is 0 Å². The Kier molecular flexibility index (Phi) is 6.09. The standard InChI is InChI=1S/C13H14Cl2O2/c1-2-3-9-17-13(16)8-7-10-11(14)5-4-6-12(10)15/h4-8H,2-3,9H2,1H3/b8-7+. The van der Waals surface area contributed by atoms with Gasteiger partial charge in [-0.05, 0) is 24.6 Å². The number of benzene rings is 1. The second-order valence-electron chi connectivity index (χ2n) is 3.49. The molecule has 0 aromatic heterocycles. The van der Waals surface area contributed by atoms with Crippen LogP contribution in [-0.4, -0.2) is 12.6 Å². The van der Waals surface area contributed by atoms with Gasteiger partial charge in [0.15, 0.2) is 0 Å². The lowest BCUT2D eigenvalue weighted by molar-refractivity contribution is -0.137. The van der Waals surface area contributed by atoms with Gasteiger partial charge in [-0.2, -0.15) is 0 Å². The van der Waals surface area contributed by atoms with E-state index in [1.54, 1.807) is 24.3 Å². The SMILES string of the molecule is CCCCOC(=O)/C=C/c1c(Cl)cccc1Cl. The van der Waals surface area contributed by atoms with Crippen molar-refractivity contribution >= 4 is 35.2 Å². The van der Waals surface area contributed by atoms with E-state index in [1.807, 2.05) is 6.92 Å². The smallest absolute Gasteiger partial charge is 0.330 e. The Hall–Kier alpha value is -0.990. The highest BCUT2D eigenvalue weighted by Gasteiger charge is 2.02. The number of carbonyl (C=O) groups excluding carboxylic acids is 1. The van der Waals surface area contributed by atoms with Crippen LogP contribution in [0.3, 0.4) is 0 Å². The van der Waals surface area contributed by atoms with Crippen LogP contribution in [0.5, 0.6) is 0 Å². The van der Waals surface area contributed by atoms with Crippen LogP contribution in [0.25, 0.3) is 6.08 Å². The van der Waals surface area contributed by atoms with E-state index in [9.17, 15) is 4.79 Å². The van der Waals surface area contributed by atoms with Crippen LogP contribution in [0.15, 0.2) is 24.3 Å². The zero-order valence-electron chi connectivity index (χ0n) is 9.58. The van der Waals surface area contributed by atoms with Crippen LogP contribution in [0, 0.1) is 0 Å². The maximum absolute atomic E-state index is 11.3. The summed E-state index contributed by atoms with van der Waals surface area (Å²) in [4.78, 5) is 11.3. The fraction of sp³-hybridized carbons (Fsp3) is 0.308. The second kappa shape index (κ2) is 7.36. The molecule has 4 heteroatoms. The molecule has 0 atom stereocenters. The van der Waals surface area contributed by atoms with E-state index in [2.05, 4.69) is 0 Å². The fourth-order valence-corrected chi connectivity index (χ4v) is 1.71. The Bertz CT molecular complexity index is 394. The van der Waals surface area contributed by atoms with E-state index in [1.165, 1.54) is 6.08 Å². The molecule has 1 rings (SSSR count). The van der Waals surface area contributed by atoms with Gasteiger partial charge in [-0.15, -0.1) is 0 Å². The zero-order chi connectivity index (χ0) is 12.7. The van der Waals surface area contributed by atoms with E-state index < -0.39 is 0 Å². The highest BCUT2D eigenvalue weighted by Crippen LogP contribution is 2.25. The van der Waals surface area contributed by atoms with Gasteiger partial charge in [0.05, 0.1) is 6.61 Å². The molecule has 17 heavy (non-hydrogen) atoms. The fourth-order valence-electron chi connectivity index (χ4n) is 1.19. The van der Waals surface area contributed by atoms with Crippen molar-refractivity contribution in [3.63, 3.8) is 0 Å². The molecule has 0 N–H and O–H groups in total. The lowest BCUT2D eigenvalue weighted by atomic mass is 10.2. The first-order chi connectivity index (χ1) is 8.15. The number of hydrogen-bond donors (Lipinski definition) is 0. The molecule has 0 fully saturated rings. The average Bonchev–Trinajstić information content (AvgIpc) is 2.29. The molecular formula is C13H14Cl2O2. The molecular weight excluding hydrogens is 259 g/mol. The maximum atomic E-state index is 11.3. The minimum Gasteiger partial charge on any atom is -0.463 e. The predicted octanol–water partition coefficient (Wildman–Crippen LogP) is 4.35. The van der Waals surface area contributed by atoms with Crippen LogP contribution >= 0.6 is 23.2 Å². The van der Waals surface area contributed by atoms with E-state index >= 15 is 0 Å². The summed E-state index contributed by atoms with van der Waals surface area (Å²) < 4.78 is 4.97. The maximum Gasteiger partial charge on any atom is 0.330 e. The molecule has 0 aliphatic heterocycles. The monoisotopic (exact) mass is 272 g/mol. The highest BCUT2D eigenvalue weighted by molar-refractivity contribution is 6.37. The van der Waals surface area contributed by atoms with Gasteiger partial charge in [-0.3, -0.25) is 0 Å². The van der Waals surface area contributed by atoms with Crippen LogP contribution < -0.4 is 0 Å². The molecule has 0 spiro atoms. The third kappa shape index (κ3) is 4.80. The number of ether oxygens (including phenoxy) is 1. The summed E-state index contributed by atoms with van der Waals surface area (Å²) >= 11 is 11.9. The van der Waals surface area contributed by atoms with E-state index in [-0.39, 0.29) is 5.97 Å². The first-order valence-corrected chi connectivity index (χ1v) is 6.19. The first kappa shape index (κ1) is 14.1. The molecule has 0 heterocycles. The average molecular weight is 273 g/mol. The molecule has 0 bridgehead atoms. The third-order valence-corrected chi connectivity index (χ3v) is 2.79. The first-order valence-electron chi connectivity index (χ1n) is 5.44. The van der Waals surface area contributed by atoms with Crippen molar-refractivity contribution in [1.29, 1.82) is 0 Å². The molecule has 1 aromatic carbocycles. The summed E-state index contributed by atoms with van der Waals surface area (Å²) in [6.45, 7) is 2.48. The lowest BCUT2D eigenvalue weighted by Gasteiger charge is -2.01. The Morgan fingerprint density at radius 1 is 1.35 bits per heavy atom. The Labute approximate surface area is 111 Å². The van der Waals surface area contributed by atoms with Crippen molar-refractivity contribution in [3.05, 3.63) is 39.9 Å². The largest absolute Gasteiger partial charge is 0.463 e. The Balaban J connectivity index is 2.61. The molecule has 2 nitrogen and oxygen atoms in total. The molecule has 0 aliphatic carbocycles. The molecule has 0 radical (unpaired) electrons. The van der Waals surface area contributed by atoms with Gasteiger partial charge in [-0.25, -0.2) is 4.79 Å². The number of rotatable bonds is 5. The molecule has 0 unspecified atom stereocenters. The number of esters is 1. The van der Waals surface area contributed by atoms with Crippen molar-refractivity contribution in [1.82, 2.24) is 0 Å². The van der Waals surface area contributed by atoms with Gasteiger partial charge in [0.25, 0.3) is 0 Å². The van der Waals surface area contributed by atoms with Crippen LogP contribution in [0.4, 0.5) is 0 Å². The van der Waals surface area contributed by atoms with Crippen LogP contribution in [-0.2, 0) is 9.53 Å². The molecule has 0 saturated carbocycles. The number of hydrogen-bond acceptors (Lipinski definition) is 2. The minimum atomic E-state index is -0.380. The number of unbranched alkanes of at least 4 members (excludes halogenated alkanes) is 1. The lowest BCUT2D eigenvalue weighted by Crippen LogP contribution is -2.01. The molecule has 0 aliphatic rings. The molecule has 0 saturated heterocycles. The Morgan fingerprint density at radius 2 is 2.00 bits per heavy atom. The van der Waals surface area contributed by atoms with Crippen molar-refractivity contribution in [2.75, 3.05) is 6.61 Å². The van der Waals surface area contributed by atoms with E-state index in [0.29, 0.717) is 22.2 Å². The molecule has 0 amide bonds. The number of halogens is 2. The van der Waals surface area contributed by atoms with Gasteiger partial charge in [0.2, 0.25) is 0 Å². The highest BCUT2D eigenvalue weighted by atomic mass is 35.5. The van der Waals surface area contributed by atoms with E-state index in [0.717, 1.165) is 12.8 Å². The summed E-state index contributed by atoms with van der Waals surface area (Å²) in [5.74, 6) is -0.380. The third-order valence-electron chi connectivity index (χ3n) is 2.13. The summed E-state index contributed by atoms with van der Waals surface area (Å²) in [7, 11) is 0. The van der Waals surface area contributed by atoms with Crippen molar-refractivity contribution in [2.24, 2.45) is 0 Å². The van der Waals surface area contributed by atoms with Gasteiger partial charge in [0, 0.05) is 21.7 Å². The van der Waals surface area contributed by atoms with E-state index in [4.69, 9.17) is 27.9 Å². The molecule has 92 valence electrons. The minimum absolute atomic E-state index is 0.380. The van der Waals surface area contributed by atoms with Gasteiger partial charge in [-0.1, -0.05) is 42.6 Å². The van der Waals surface area contributed by atoms with Crippen LogP contribution in [0.2, 0.25) is 10.0 Å². The normalized spacial score (nSPS) is 10.8. The van der Waals surface area contributed by atoms with Gasteiger partial charge >= 0.3 is 5.97 Å². The van der Waals surface area contributed by atoms with Gasteiger partial charge in [0.1, 0.15) is 0 Å². The topological polar surface area (TPSA) is 26.3 Å². The summed E-state index contributed by atoms with van der Waals surface area (Å²) in [6, 6.07) is 5.19. The number of carbonyl (C=O) groups is 1. The molecule has 1 aromatic rings. The Morgan fingerprint density at radius 3 is 2.59 bits per heavy atom. The summed E-state index contributed by atoms with van der Waals surface area (Å²) in [5, 5.41) is 1.02. The quantitative estimate of drug-likeness (QED) is 0.453. The summed E-state index contributed by atoms with van der Waals surface area (Å²) in [6.07, 6.45) is 4.77. The van der Waals surface area contributed by atoms with Gasteiger partial charge < -0.3 is 4.74 Å². The van der Waals surface area contributed by atoms with Crippen molar-refractivity contribution < 1.29 is 9.53 Å². The van der Waals surface area contributed by atoms with Crippen LogP contribution in [0.1, 0.15) is 25.3 Å². The van der Waals surface area contributed by atoms with Crippen molar-refractivity contribution in [2.45, 2.75) is 19.8 Å². The second-order valence-corrected chi connectivity index (χ2v) is 4.30. The summed E-state index contributed by atoms with van der Waals surface area (Å²) in [5.41, 5.74) is 0.628. The zero-order valence-corrected chi connectivity index (χ0v) is 11.1. The predicted molar refractivity (Wildman–Crippen MR) is 71.4 cm³/mol.